The summed E-state index contributed by atoms with van der Waals surface area (Å²) >= 11 is 0. The van der Waals surface area contributed by atoms with Crippen molar-refractivity contribution in [2.75, 3.05) is 19.6 Å². The van der Waals surface area contributed by atoms with Crippen LogP contribution in [-0.2, 0) is 6.54 Å². The van der Waals surface area contributed by atoms with Gasteiger partial charge in [0, 0.05) is 19.1 Å². The second-order valence-electron chi connectivity index (χ2n) is 6.66. The molecule has 1 atom stereocenters. The Bertz CT molecular complexity index is 519. The molecule has 0 spiro atoms. The number of amides is 2. The zero-order valence-electron chi connectivity index (χ0n) is 15.2. The quantitative estimate of drug-likeness (QED) is 0.806. The molecule has 1 aliphatic rings. The van der Waals surface area contributed by atoms with Gasteiger partial charge in [-0.1, -0.05) is 25.5 Å². The van der Waals surface area contributed by atoms with E-state index in [4.69, 9.17) is 4.74 Å². The number of nitrogens with one attached hydrogen (secondary N) is 2. The number of nitrogens with zero attached hydrogens (tertiary/aromatic N) is 1. The molecule has 1 aromatic rings. The van der Waals surface area contributed by atoms with Crippen LogP contribution < -0.4 is 15.4 Å². The van der Waals surface area contributed by atoms with Crippen LogP contribution in [0.1, 0.15) is 45.6 Å². The number of hydrogen-bond donors (Lipinski definition) is 2. The van der Waals surface area contributed by atoms with Crippen LogP contribution >= 0.6 is 0 Å². The molecular formula is C19H31N3O2. The maximum absolute atomic E-state index is 12.0. The molecule has 0 saturated carbocycles. The van der Waals surface area contributed by atoms with Crippen molar-refractivity contribution in [1.29, 1.82) is 0 Å². The van der Waals surface area contributed by atoms with Crippen molar-refractivity contribution in [2.24, 2.45) is 0 Å². The number of urea groups is 1. The van der Waals surface area contributed by atoms with Gasteiger partial charge in [-0.3, -0.25) is 4.90 Å². The first kappa shape index (κ1) is 18.6. The van der Waals surface area contributed by atoms with Crippen LogP contribution in [0.2, 0.25) is 0 Å². The van der Waals surface area contributed by atoms with E-state index in [9.17, 15) is 4.79 Å². The number of carbonyl (C=O) groups excluding carboxylic acids is 1. The van der Waals surface area contributed by atoms with E-state index in [1.807, 2.05) is 38.1 Å². The molecule has 1 heterocycles. The van der Waals surface area contributed by atoms with E-state index < -0.39 is 0 Å². The Labute approximate surface area is 145 Å². The van der Waals surface area contributed by atoms with Gasteiger partial charge >= 0.3 is 6.03 Å². The Hall–Kier alpha value is -1.75. The molecule has 0 aliphatic carbocycles. The van der Waals surface area contributed by atoms with Crippen LogP contribution in [0.15, 0.2) is 24.3 Å². The fraction of sp³-hybridized carbons (Fsp3) is 0.632. The van der Waals surface area contributed by atoms with E-state index in [1.54, 1.807) is 0 Å². The Morgan fingerprint density at radius 3 is 2.92 bits per heavy atom. The minimum absolute atomic E-state index is 0.105. The number of benzene rings is 1. The third kappa shape index (κ3) is 6.04. The molecule has 1 unspecified atom stereocenters. The summed E-state index contributed by atoms with van der Waals surface area (Å²) in [6.07, 6.45) is 3.84. The molecule has 1 aromatic carbocycles. The lowest BCUT2D eigenvalue weighted by atomic mass is 10.0. The highest BCUT2D eigenvalue weighted by molar-refractivity contribution is 5.73. The predicted molar refractivity (Wildman–Crippen MR) is 97.3 cm³/mol. The highest BCUT2D eigenvalue weighted by atomic mass is 16.5. The third-order valence-electron chi connectivity index (χ3n) is 4.38. The molecule has 2 N–H and O–H groups in total. The number of ether oxygens (including phenoxy) is 1. The average molecular weight is 333 g/mol. The lowest BCUT2D eigenvalue weighted by Gasteiger charge is -2.34. The van der Waals surface area contributed by atoms with E-state index in [0.717, 1.165) is 30.9 Å². The maximum Gasteiger partial charge on any atom is 0.315 e. The third-order valence-corrected chi connectivity index (χ3v) is 4.38. The Morgan fingerprint density at radius 1 is 1.33 bits per heavy atom. The van der Waals surface area contributed by atoms with Crippen molar-refractivity contribution in [3.63, 3.8) is 0 Å². The molecule has 0 radical (unpaired) electrons. The molecular weight excluding hydrogens is 302 g/mol. The van der Waals surface area contributed by atoms with E-state index in [2.05, 4.69) is 22.5 Å². The largest absolute Gasteiger partial charge is 0.491 e. The van der Waals surface area contributed by atoms with Crippen LogP contribution in [0.4, 0.5) is 4.79 Å². The van der Waals surface area contributed by atoms with Gasteiger partial charge < -0.3 is 15.4 Å². The Kier molecular flexibility index (Phi) is 7.37. The second-order valence-corrected chi connectivity index (χ2v) is 6.66. The van der Waals surface area contributed by atoms with E-state index in [0.29, 0.717) is 12.6 Å². The smallest absolute Gasteiger partial charge is 0.315 e. The topological polar surface area (TPSA) is 53.6 Å². The van der Waals surface area contributed by atoms with Crippen LogP contribution in [0.3, 0.4) is 0 Å². The average Bonchev–Trinajstić information content (AvgIpc) is 2.58. The van der Waals surface area contributed by atoms with Crippen molar-refractivity contribution in [3.05, 3.63) is 29.8 Å². The van der Waals surface area contributed by atoms with Crippen LogP contribution in [0.5, 0.6) is 5.75 Å². The molecule has 2 rings (SSSR count). The van der Waals surface area contributed by atoms with Gasteiger partial charge in [0.15, 0.2) is 0 Å². The summed E-state index contributed by atoms with van der Waals surface area (Å²) in [6.45, 7) is 9.61. The molecule has 134 valence electrons. The van der Waals surface area contributed by atoms with Crippen LogP contribution in [0.25, 0.3) is 0 Å². The van der Waals surface area contributed by atoms with Crippen molar-refractivity contribution in [2.45, 2.75) is 58.7 Å². The Balaban J connectivity index is 1.74. The van der Waals surface area contributed by atoms with E-state index >= 15 is 0 Å². The lowest BCUT2D eigenvalue weighted by Crippen LogP contribution is -2.48. The standard InChI is InChI=1S/C19H31N3O2/c1-4-22-11-6-5-9-17(22)14-21-19(23)20-13-16-8-7-10-18(12-16)24-15(2)3/h7-8,10,12,15,17H,4-6,9,11,13-14H2,1-3H3,(H2,20,21,23). The summed E-state index contributed by atoms with van der Waals surface area (Å²) in [6, 6.07) is 8.22. The summed E-state index contributed by atoms with van der Waals surface area (Å²) in [7, 11) is 0. The lowest BCUT2D eigenvalue weighted by molar-refractivity contribution is 0.153. The number of carbonyl (C=O) groups is 1. The predicted octanol–water partition coefficient (Wildman–Crippen LogP) is 3.15. The van der Waals surface area contributed by atoms with Gasteiger partial charge in [0.05, 0.1) is 6.10 Å². The highest BCUT2D eigenvalue weighted by Crippen LogP contribution is 2.16. The van der Waals surface area contributed by atoms with E-state index in [-0.39, 0.29) is 12.1 Å². The molecule has 0 aromatic heterocycles. The van der Waals surface area contributed by atoms with Gasteiger partial charge in [-0.15, -0.1) is 0 Å². The molecule has 2 amide bonds. The van der Waals surface area contributed by atoms with Crippen LogP contribution in [-0.4, -0.2) is 42.7 Å². The zero-order valence-corrected chi connectivity index (χ0v) is 15.2. The summed E-state index contributed by atoms with van der Waals surface area (Å²) in [5.41, 5.74) is 1.04. The first-order valence-electron chi connectivity index (χ1n) is 9.09. The van der Waals surface area contributed by atoms with Gasteiger partial charge in [0.25, 0.3) is 0 Å². The molecule has 1 fully saturated rings. The maximum atomic E-state index is 12.0. The van der Waals surface area contributed by atoms with Gasteiger partial charge in [0.2, 0.25) is 0 Å². The molecule has 5 heteroatoms. The number of piperidine rings is 1. The summed E-state index contributed by atoms with van der Waals surface area (Å²) < 4.78 is 5.68. The summed E-state index contributed by atoms with van der Waals surface area (Å²) in [5, 5.41) is 5.94. The molecule has 5 nitrogen and oxygen atoms in total. The minimum atomic E-state index is -0.105. The summed E-state index contributed by atoms with van der Waals surface area (Å²) in [4.78, 5) is 14.5. The van der Waals surface area contributed by atoms with Crippen molar-refractivity contribution < 1.29 is 9.53 Å². The van der Waals surface area contributed by atoms with Gasteiger partial charge in [-0.05, 0) is 57.5 Å². The van der Waals surface area contributed by atoms with Gasteiger partial charge in [0.1, 0.15) is 5.75 Å². The fourth-order valence-electron chi connectivity index (χ4n) is 3.16. The highest BCUT2D eigenvalue weighted by Gasteiger charge is 2.21. The van der Waals surface area contributed by atoms with Gasteiger partial charge in [-0.25, -0.2) is 4.79 Å². The van der Waals surface area contributed by atoms with Crippen molar-refractivity contribution in [3.8, 4) is 5.75 Å². The first-order valence-corrected chi connectivity index (χ1v) is 9.09. The van der Waals surface area contributed by atoms with Crippen molar-refractivity contribution >= 4 is 6.03 Å². The molecule has 24 heavy (non-hydrogen) atoms. The number of likely N-dealkylation sites (N-methyl/N-ethyl adjacent to an activating group) is 1. The first-order chi connectivity index (χ1) is 11.6. The number of rotatable bonds is 7. The van der Waals surface area contributed by atoms with Gasteiger partial charge in [-0.2, -0.15) is 0 Å². The monoisotopic (exact) mass is 333 g/mol. The zero-order chi connectivity index (χ0) is 17.4. The van der Waals surface area contributed by atoms with Crippen LogP contribution in [0, 0.1) is 0 Å². The van der Waals surface area contributed by atoms with E-state index in [1.165, 1.54) is 19.3 Å². The fourth-order valence-corrected chi connectivity index (χ4v) is 3.16. The van der Waals surface area contributed by atoms with Crippen molar-refractivity contribution in [1.82, 2.24) is 15.5 Å². The molecule has 1 aliphatic heterocycles. The molecule has 1 saturated heterocycles. The minimum Gasteiger partial charge on any atom is -0.491 e. The normalized spacial score (nSPS) is 18.4. The molecule has 0 bridgehead atoms. The SMILES string of the molecule is CCN1CCCCC1CNC(=O)NCc1cccc(OC(C)C)c1. The number of likely N-dealkylation sites (tertiary alicyclic amines) is 1. The Morgan fingerprint density at radius 2 is 2.17 bits per heavy atom. The summed E-state index contributed by atoms with van der Waals surface area (Å²) in [5.74, 6) is 0.838. The number of hydrogen-bond acceptors (Lipinski definition) is 3. The second kappa shape index (κ2) is 9.52.